The first-order chi connectivity index (χ1) is 37.5. The van der Waals surface area contributed by atoms with E-state index in [1.54, 1.807) is 0 Å². The molecular formula is C70H130O6. The van der Waals surface area contributed by atoms with Gasteiger partial charge in [0.2, 0.25) is 0 Å². The molecule has 0 spiro atoms. The lowest BCUT2D eigenvalue weighted by Gasteiger charge is -2.18. The highest BCUT2D eigenvalue weighted by atomic mass is 16.6. The minimum absolute atomic E-state index is 0.0721. The van der Waals surface area contributed by atoms with Gasteiger partial charge in [0, 0.05) is 19.3 Å². The maximum absolute atomic E-state index is 12.9. The smallest absolute Gasteiger partial charge is 0.306 e. The van der Waals surface area contributed by atoms with Crippen LogP contribution in [0.3, 0.4) is 0 Å². The van der Waals surface area contributed by atoms with E-state index < -0.39 is 6.10 Å². The van der Waals surface area contributed by atoms with Crippen LogP contribution in [0.1, 0.15) is 374 Å². The van der Waals surface area contributed by atoms with E-state index in [0.29, 0.717) is 19.3 Å². The Morgan fingerprint density at radius 3 is 0.737 bits per heavy atom. The fourth-order valence-electron chi connectivity index (χ4n) is 10.3. The van der Waals surface area contributed by atoms with E-state index in [2.05, 4.69) is 57.2 Å². The minimum atomic E-state index is -0.776. The summed E-state index contributed by atoms with van der Waals surface area (Å²) in [5.41, 5.74) is 0. The minimum Gasteiger partial charge on any atom is -0.462 e. The van der Waals surface area contributed by atoms with Crippen molar-refractivity contribution in [3.8, 4) is 0 Å². The summed E-state index contributed by atoms with van der Waals surface area (Å²) >= 11 is 0. The van der Waals surface area contributed by atoms with Crippen molar-refractivity contribution in [2.45, 2.75) is 380 Å². The van der Waals surface area contributed by atoms with Gasteiger partial charge < -0.3 is 14.2 Å². The standard InChI is InChI=1S/C70H130O6/c1-4-7-10-13-16-19-22-25-27-29-31-33-34-35-36-38-39-41-43-45-48-51-54-57-60-63-69(72)75-66-67(65-74-68(71)62-59-56-53-50-47-24-21-18-15-12-9-6-3)76-70(73)64-61-58-55-52-49-46-44-42-40-37-32-30-28-26-23-20-17-14-11-8-5-2/h23,26,30,32,40,42,67H,4-22,24-25,27-29,31,33-39,41,43-66H2,1-3H3/b26-23-,32-30-,42-40-. The van der Waals surface area contributed by atoms with Crippen LogP contribution in [-0.4, -0.2) is 37.2 Å². The summed E-state index contributed by atoms with van der Waals surface area (Å²) in [6.45, 7) is 6.68. The maximum atomic E-state index is 12.9. The highest BCUT2D eigenvalue weighted by molar-refractivity contribution is 5.71. The van der Waals surface area contributed by atoms with Crippen molar-refractivity contribution < 1.29 is 28.6 Å². The summed E-state index contributed by atoms with van der Waals surface area (Å²) in [6.07, 6.45) is 80.2. The van der Waals surface area contributed by atoms with Gasteiger partial charge in [-0.05, 0) is 57.8 Å². The zero-order valence-electron chi connectivity index (χ0n) is 51.3. The first-order valence-corrected chi connectivity index (χ1v) is 34.0. The highest BCUT2D eigenvalue weighted by Gasteiger charge is 2.19. The molecule has 0 amide bonds. The van der Waals surface area contributed by atoms with E-state index in [0.717, 1.165) is 77.0 Å². The van der Waals surface area contributed by atoms with Crippen molar-refractivity contribution in [3.63, 3.8) is 0 Å². The zero-order chi connectivity index (χ0) is 55.0. The molecule has 0 bridgehead atoms. The topological polar surface area (TPSA) is 78.9 Å². The predicted octanol–water partition coefficient (Wildman–Crippen LogP) is 23.2. The van der Waals surface area contributed by atoms with E-state index in [-0.39, 0.29) is 31.1 Å². The van der Waals surface area contributed by atoms with Crippen LogP contribution in [0.15, 0.2) is 36.5 Å². The van der Waals surface area contributed by atoms with Crippen molar-refractivity contribution in [3.05, 3.63) is 36.5 Å². The average molecular weight is 1070 g/mol. The number of hydrogen-bond acceptors (Lipinski definition) is 6. The molecule has 1 atom stereocenters. The van der Waals surface area contributed by atoms with Gasteiger partial charge in [0.05, 0.1) is 0 Å². The molecule has 0 aromatic heterocycles. The Balaban J connectivity index is 4.24. The summed E-state index contributed by atoms with van der Waals surface area (Å²) < 4.78 is 16.9. The Morgan fingerprint density at radius 2 is 0.474 bits per heavy atom. The summed E-state index contributed by atoms with van der Waals surface area (Å²) in [5, 5.41) is 0. The number of hydrogen-bond donors (Lipinski definition) is 0. The third kappa shape index (κ3) is 62.5. The van der Waals surface area contributed by atoms with Crippen LogP contribution < -0.4 is 0 Å². The number of unbranched alkanes of at least 4 members (excludes halogenated alkanes) is 46. The second kappa shape index (κ2) is 65.2. The average Bonchev–Trinajstić information content (AvgIpc) is 3.42. The molecule has 0 saturated heterocycles. The molecule has 0 aliphatic heterocycles. The van der Waals surface area contributed by atoms with E-state index >= 15 is 0 Å². The number of rotatable bonds is 63. The van der Waals surface area contributed by atoms with Gasteiger partial charge in [-0.3, -0.25) is 14.4 Å². The molecule has 0 saturated carbocycles. The second-order valence-corrected chi connectivity index (χ2v) is 23.1. The first-order valence-electron chi connectivity index (χ1n) is 34.0. The van der Waals surface area contributed by atoms with Crippen LogP contribution in [0, 0.1) is 0 Å². The zero-order valence-corrected chi connectivity index (χ0v) is 51.3. The Kier molecular flexibility index (Phi) is 63.1. The fourth-order valence-corrected chi connectivity index (χ4v) is 10.3. The predicted molar refractivity (Wildman–Crippen MR) is 330 cm³/mol. The molecule has 446 valence electrons. The van der Waals surface area contributed by atoms with Gasteiger partial charge in [0.1, 0.15) is 13.2 Å². The van der Waals surface area contributed by atoms with E-state index in [1.165, 1.54) is 257 Å². The van der Waals surface area contributed by atoms with Crippen LogP contribution in [0.5, 0.6) is 0 Å². The molecule has 0 aliphatic rings. The van der Waals surface area contributed by atoms with Crippen LogP contribution >= 0.6 is 0 Å². The van der Waals surface area contributed by atoms with Gasteiger partial charge in [-0.2, -0.15) is 0 Å². The largest absolute Gasteiger partial charge is 0.462 e. The summed E-state index contributed by atoms with van der Waals surface area (Å²) in [5.74, 6) is -0.859. The molecule has 6 nitrogen and oxygen atoms in total. The molecule has 6 heteroatoms. The van der Waals surface area contributed by atoms with Crippen LogP contribution in [0.4, 0.5) is 0 Å². The van der Waals surface area contributed by atoms with Crippen LogP contribution in [0.25, 0.3) is 0 Å². The Bertz CT molecular complexity index is 1270. The van der Waals surface area contributed by atoms with Crippen molar-refractivity contribution in [2.75, 3.05) is 13.2 Å². The van der Waals surface area contributed by atoms with E-state index in [1.807, 2.05) is 0 Å². The highest BCUT2D eigenvalue weighted by Crippen LogP contribution is 2.18. The monoisotopic (exact) mass is 1070 g/mol. The van der Waals surface area contributed by atoms with E-state index in [4.69, 9.17) is 14.2 Å². The van der Waals surface area contributed by atoms with Gasteiger partial charge in [-0.15, -0.1) is 0 Å². The molecule has 0 rings (SSSR count). The van der Waals surface area contributed by atoms with Crippen molar-refractivity contribution in [2.24, 2.45) is 0 Å². The molecule has 0 aromatic carbocycles. The van der Waals surface area contributed by atoms with Crippen LogP contribution in [0.2, 0.25) is 0 Å². The summed E-state index contributed by atoms with van der Waals surface area (Å²) in [4.78, 5) is 38.3. The lowest BCUT2D eigenvalue weighted by Crippen LogP contribution is -2.30. The van der Waals surface area contributed by atoms with Gasteiger partial charge in [-0.1, -0.05) is 333 Å². The lowest BCUT2D eigenvalue weighted by molar-refractivity contribution is -0.167. The number of carbonyl (C=O) groups excluding carboxylic acids is 3. The summed E-state index contributed by atoms with van der Waals surface area (Å²) in [6, 6.07) is 0. The van der Waals surface area contributed by atoms with Crippen molar-refractivity contribution in [1.82, 2.24) is 0 Å². The number of ether oxygens (including phenoxy) is 3. The number of allylic oxidation sites excluding steroid dienone is 6. The SMILES string of the molecule is CCCCCCC/C=C\C/C=C\C/C=C\CCCCCCCCC(=O)OC(COC(=O)CCCCCCCCCCCCCC)COC(=O)CCCCCCCCCCCCCCCCCCCCCCCCCCC. The third-order valence-electron chi connectivity index (χ3n) is 15.4. The molecule has 0 radical (unpaired) electrons. The Morgan fingerprint density at radius 1 is 0.263 bits per heavy atom. The molecule has 1 unspecified atom stereocenters. The summed E-state index contributed by atoms with van der Waals surface area (Å²) in [7, 11) is 0. The molecule has 76 heavy (non-hydrogen) atoms. The molecule has 0 fully saturated rings. The third-order valence-corrected chi connectivity index (χ3v) is 15.4. The van der Waals surface area contributed by atoms with Crippen molar-refractivity contribution >= 4 is 17.9 Å². The molecule has 0 aliphatic carbocycles. The van der Waals surface area contributed by atoms with Gasteiger partial charge in [-0.25, -0.2) is 0 Å². The fraction of sp³-hybridized carbons (Fsp3) is 0.871. The van der Waals surface area contributed by atoms with Crippen molar-refractivity contribution in [1.29, 1.82) is 0 Å². The van der Waals surface area contributed by atoms with E-state index in [9.17, 15) is 14.4 Å². The maximum Gasteiger partial charge on any atom is 0.306 e. The molecule has 0 heterocycles. The van der Waals surface area contributed by atoms with Crippen LogP contribution in [-0.2, 0) is 28.6 Å². The molecular weight excluding hydrogens is 937 g/mol. The van der Waals surface area contributed by atoms with Gasteiger partial charge >= 0.3 is 17.9 Å². The molecule has 0 N–H and O–H groups in total. The number of carbonyl (C=O) groups is 3. The Labute approximate surface area is 474 Å². The van der Waals surface area contributed by atoms with Gasteiger partial charge in [0.25, 0.3) is 0 Å². The Hall–Kier alpha value is -2.37. The second-order valence-electron chi connectivity index (χ2n) is 23.1. The van der Waals surface area contributed by atoms with Gasteiger partial charge in [0.15, 0.2) is 6.10 Å². The quantitative estimate of drug-likeness (QED) is 0.0261. The number of esters is 3. The normalized spacial score (nSPS) is 12.2. The first kappa shape index (κ1) is 73.6. The lowest BCUT2D eigenvalue weighted by atomic mass is 10.0. The molecule has 0 aromatic rings.